The predicted molar refractivity (Wildman–Crippen MR) is 70.7 cm³/mol. The van der Waals surface area contributed by atoms with E-state index >= 15 is 0 Å². The normalized spacial score (nSPS) is 11.9. The van der Waals surface area contributed by atoms with Crippen molar-refractivity contribution in [3.8, 4) is 5.75 Å². The Hall–Kier alpha value is -1.55. The predicted octanol–water partition coefficient (Wildman–Crippen LogP) is 1.69. The molecule has 1 aromatic rings. The molecule has 2 N–H and O–H groups in total. The van der Waals surface area contributed by atoms with Gasteiger partial charge in [-0.2, -0.15) is 0 Å². The van der Waals surface area contributed by atoms with Gasteiger partial charge in [0.1, 0.15) is 5.75 Å². The second-order valence-electron chi connectivity index (χ2n) is 4.16. The van der Waals surface area contributed by atoms with Crippen LogP contribution in [-0.2, 0) is 4.79 Å². The standard InChI is InChI=1S/C14H21NO3/c1-3-11(10-14(17)15-8-9-16)12-4-6-13(18-2)7-5-12/h4-7,11,16H,3,8-10H2,1-2H3,(H,15,17). The molecule has 0 aliphatic rings. The van der Waals surface area contributed by atoms with Crippen LogP contribution in [0.1, 0.15) is 31.2 Å². The molecule has 0 aromatic heterocycles. The summed E-state index contributed by atoms with van der Waals surface area (Å²) in [6, 6.07) is 7.80. The Labute approximate surface area is 108 Å². The fraction of sp³-hybridized carbons (Fsp3) is 0.500. The van der Waals surface area contributed by atoms with Crippen LogP contribution in [-0.4, -0.2) is 31.3 Å². The fourth-order valence-electron chi connectivity index (χ4n) is 1.87. The number of rotatable bonds is 7. The van der Waals surface area contributed by atoms with Gasteiger partial charge in [0.25, 0.3) is 0 Å². The van der Waals surface area contributed by atoms with Gasteiger partial charge in [-0.25, -0.2) is 0 Å². The first-order valence-corrected chi connectivity index (χ1v) is 6.22. The van der Waals surface area contributed by atoms with Crippen molar-refractivity contribution in [2.24, 2.45) is 0 Å². The Morgan fingerprint density at radius 2 is 2.06 bits per heavy atom. The molecule has 0 saturated heterocycles. The summed E-state index contributed by atoms with van der Waals surface area (Å²) in [5.41, 5.74) is 1.14. The van der Waals surface area contributed by atoms with Gasteiger partial charge in [0, 0.05) is 13.0 Å². The average Bonchev–Trinajstić information content (AvgIpc) is 2.42. The van der Waals surface area contributed by atoms with Gasteiger partial charge in [-0.3, -0.25) is 4.79 Å². The summed E-state index contributed by atoms with van der Waals surface area (Å²) in [7, 11) is 1.63. The summed E-state index contributed by atoms with van der Waals surface area (Å²) in [5.74, 6) is 1.000. The molecule has 100 valence electrons. The molecule has 1 atom stereocenters. The minimum atomic E-state index is -0.0228. The monoisotopic (exact) mass is 251 g/mol. The van der Waals surface area contributed by atoms with Gasteiger partial charge in [-0.05, 0) is 30.0 Å². The molecule has 1 rings (SSSR count). The maximum atomic E-state index is 11.6. The molecular formula is C14H21NO3. The van der Waals surface area contributed by atoms with Crippen LogP contribution in [0.25, 0.3) is 0 Å². The number of amides is 1. The van der Waals surface area contributed by atoms with E-state index in [9.17, 15) is 4.79 Å². The van der Waals surface area contributed by atoms with Crippen LogP contribution >= 0.6 is 0 Å². The Morgan fingerprint density at radius 1 is 1.39 bits per heavy atom. The lowest BCUT2D eigenvalue weighted by atomic mass is 9.93. The van der Waals surface area contributed by atoms with Crippen molar-refractivity contribution in [2.45, 2.75) is 25.7 Å². The highest BCUT2D eigenvalue weighted by atomic mass is 16.5. The largest absolute Gasteiger partial charge is 0.497 e. The number of aliphatic hydroxyl groups is 1. The van der Waals surface area contributed by atoms with Gasteiger partial charge in [0.15, 0.2) is 0 Å². The number of methoxy groups -OCH3 is 1. The van der Waals surface area contributed by atoms with Crippen LogP contribution in [0.3, 0.4) is 0 Å². The number of benzene rings is 1. The lowest BCUT2D eigenvalue weighted by Gasteiger charge is -2.15. The molecule has 0 bridgehead atoms. The number of ether oxygens (including phenoxy) is 1. The number of hydrogen-bond acceptors (Lipinski definition) is 3. The van der Waals surface area contributed by atoms with E-state index in [-0.39, 0.29) is 18.4 Å². The van der Waals surface area contributed by atoms with E-state index in [1.165, 1.54) is 0 Å². The van der Waals surface area contributed by atoms with Crippen molar-refractivity contribution >= 4 is 5.91 Å². The van der Waals surface area contributed by atoms with Crippen molar-refractivity contribution in [1.29, 1.82) is 0 Å². The van der Waals surface area contributed by atoms with Gasteiger partial charge in [0.2, 0.25) is 5.91 Å². The Morgan fingerprint density at radius 3 is 2.56 bits per heavy atom. The first-order chi connectivity index (χ1) is 8.71. The van der Waals surface area contributed by atoms with Crippen molar-refractivity contribution in [2.75, 3.05) is 20.3 Å². The van der Waals surface area contributed by atoms with Crippen molar-refractivity contribution in [3.63, 3.8) is 0 Å². The lowest BCUT2D eigenvalue weighted by Crippen LogP contribution is -2.27. The Kier molecular flexibility index (Phi) is 6.22. The molecule has 0 spiro atoms. The third-order valence-electron chi connectivity index (χ3n) is 2.95. The smallest absolute Gasteiger partial charge is 0.220 e. The van der Waals surface area contributed by atoms with Crippen LogP contribution in [0, 0.1) is 0 Å². The minimum absolute atomic E-state index is 0.0216. The van der Waals surface area contributed by atoms with E-state index in [2.05, 4.69) is 12.2 Å². The Bertz CT molecular complexity index is 362. The Balaban J connectivity index is 2.61. The van der Waals surface area contributed by atoms with Gasteiger partial charge in [-0.15, -0.1) is 0 Å². The molecule has 0 heterocycles. The number of hydrogen-bond donors (Lipinski definition) is 2. The molecule has 4 nitrogen and oxygen atoms in total. The van der Waals surface area contributed by atoms with E-state index < -0.39 is 0 Å². The van der Waals surface area contributed by atoms with Gasteiger partial charge in [0.05, 0.1) is 13.7 Å². The summed E-state index contributed by atoms with van der Waals surface area (Å²) in [4.78, 5) is 11.6. The molecule has 1 aromatic carbocycles. The van der Waals surface area contributed by atoms with E-state index in [0.717, 1.165) is 17.7 Å². The molecule has 1 unspecified atom stereocenters. The van der Waals surface area contributed by atoms with Crippen molar-refractivity contribution in [1.82, 2.24) is 5.32 Å². The maximum Gasteiger partial charge on any atom is 0.220 e. The fourth-order valence-corrected chi connectivity index (χ4v) is 1.87. The van der Waals surface area contributed by atoms with Crippen LogP contribution < -0.4 is 10.1 Å². The van der Waals surface area contributed by atoms with Gasteiger partial charge in [-0.1, -0.05) is 19.1 Å². The summed E-state index contributed by atoms with van der Waals surface area (Å²) in [5, 5.41) is 11.3. The number of nitrogens with one attached hydrogen (secondary N) is 1. The zero-order valence-electron chi connectivity index (χ0n) is 11.0. The number of carbonyl (C=O) groups is 1. The summed E-state index contributed by atoms with van der Waals surface area (Å²) in [6.07, 6.45) is 1.35. The highest BCUT2D eigenvalue weighted by Gasteiger charge is 2.13. The molecule has 4 heteroatoms. The average molecular weight is 251 g/mol. The molecule has 1 amide bonds. The molecule has 0 aliphatic carbocycles. The lowest BCUT2D eigenvalue weighted by molar-refractivity contribution is -0.121. The molecule has 0 fully saturated rings. The topological polar surface area (TPSA) is 58.6 Å². The second kappa shape index (κ2) is 7.71. The molecule has 0 aliphatic heterocycles. The van der Waals surface area contributed by atoms with Crippen LogP contribution in [0.4, 0.5) is 0 Å². The van der Waals surface area contributed by atoms with Gasteiger partial charge >= 0.3 is 0 Å². The molecule has 18 heavy (non-hydrogen) atoms. The van der Waals surface area contributed by atoms with E-state index in [1.54, 1.807) is 7.11 Å². The van der Waals surface area contributed by atoms with Crippen molar-refractivity contribution in [3.05, 3.63) is 29.8 Å². The molecule has 0 radical (unpaired) electrons. The van der Waals surface area contributed by atoms with Crippen molar-refractivity contribution < 1.29 is 14.6 Å². The summed E-state index contributed by atoms with van der Waals surface area (Å²) < 4.78 is 5.11. The summed E-state index contributed by atoms with van der Waals surface area (Å²) in [6.45, 7) is 2.36. The number of carbonyl (C=O) groups excluding carboxylic acids is 1. The highest BCUT2D eigenvalue weighted by molar-refractivity contribution is 5.76. The maximum absolute atomic E-state index is 11.6. The summed E-state index contributed by atoms with van der Waals surface area (Å²) >= 11 is 0. The second-order valence-corrected chi connectivity index (χ2v) is 4.16. The van der Waals surface area contributed by atoms with Crippen LogP contribution in [0.5, 0.6) is 5.75 Å². The quantitative estimate of drug-likeness (QED) is 0.775. The van der Waals surface area contributed by atoms with Gasteiger partial charge < -0.3 is 15.2 Å². The first-order valence-electron chi connectivity index (χ1n) is 6.22. The van der Waals surface area contributed by atoms with Crippen LogP contribution in [0.15, 0.2) is 24.3 Å². The highest BCUT2D eigenvalue weighted by Crippen LogP contribution is 2.25. The minimum Gasteiger partial charge on any atom is -0.497 e. The van der Waals surface area contributed by atoms with E-state index in [4.69, 9.17) is 9.84 Å². The first kappa shape index (κ1) is 14.5. The SMILES string of the molecule is CCC(CC(=O)NCCO)c1ccc(OC)cc1. The molecule has 0 saturated carbocycles. The third kappa shape index (κ3) is 4.37. The number of aliphatic hydroxyl groups excluding tert-OH is 1. The van der Waals surface area contributed by atoms with E-state index in [1.807, 2.05) is 24.3 Å². The zero-order valence-corrected chi connectivity index (χ0v) is 11.0. The third-order valence-corrected chi connectivity index (χ3v) is 2.95. The van der Waals surface area contributed by atoms with E-state index in [0.29, 0.717) is 13.0 Å². The zero-order chi connectivity index (χ0) is 13.4. The van der Waals surface area contributed by atoms with Crippen LogP contribution in [0.2, 0.25) is 0 Å². The molecular weight excluding hydrogens is 230 g/mol.